The number of ketones is 1. The molecule has 0 spiro atoms. The summed E-state index contributed by atoms with van der Waals surface area (Å²) in [5.74, 6) is 0.791. The highest BCUT2D eigenvalue weighted by atomic mass is 35.5. The summed E-state index contributed by atoms with van der Waals surface area (Å²) in [5, 5.41) is 8.07. The highest BCUT2D eigenvalue weighted by Gasteiger charge is 2.14. The summed E-state index contributed by atoms with van der Waals surface area (Å²) < 4.78 is 12.9. The number of nitrogens with one attached hydrogen (secondary N) is 1. The standard InChI is InChI=1S/C24H19Cl2N3O4/c1-15(30)16-5-7-18(8-6-16)32-14-19-9-10-23(33-19)24(31)28-17-11-27-29(12-17)13-20-21(25)3-2-4-22(20)26/h2-12H,13-14H2,1H3,(H,28,31). The van der Waals surface area contributed by atoms with Gasteiger partial charge in [-0.15, -0.1) is 0 Å². The van der Waals surface area contributed by atoms with Gasteiger partial charge in [-0.3, -0.25) is 14.3 Å². The first kappa shape index (κ1) is 22.6. The highest BCUT2D eigenvalue weighted by molar-refractivity contribution is 6.36. The molecule has 1 amide bonds. The minimum absolute atomic E-state index is 0.0126. The Morgan fingerprint density at radius 2 is 1.79 bits per heavy atom. The second-order valence-corrected chi connectivity index (χ2v) is 8.03. The van der Waals surface area contributed by atoms with Crippen LogP contribution < -0.4 is 10.1 Å². The molecule has 2 aromatic carbocycles. The number of hydrogen-bond acceptors (Lipinski definition) is 5. The molecule has 168 valence electrons. The van der Waals surface area contributed by atoms with Crippen LogP contribution >= 0.6 is 23.2 Å². The van der Waals surface area contributed by atoms with Gasteiger partial charge in [0.15, 0.2) is 11.5 Å². The van der Waals surface area contributed by atoms with E-state index in [-0.39, 0.29) is 18.2 Å². The van der Waals surface area contributed by atoms with Crippen LogP contribution in [0.3, 0.4) is 0 Å². The summed E-state index contributed by atoms with van der Waals surface area (Å²) in [6.45, 7) is 2.01. The van der Waals surface area contributed by atoms with E-state index in [0.29, 0.717) is 39.4 Å². The van der Waals surface area contributed by atoms with Gasteiger partial charge in [0.05, 0.1) is 18.4 Å². The van der Waals surface area contributed by atoms with Gasteiger partial charge in [-0.05, 0) is 55.5 Å². The Bertz CT molecular complexity index is 1280. The molecule has 0 bridgehead atoms. The van der Waals surface area contributed by atoms with Crippen LogP contribution in [0.4, 0.5) is 5.69 Å². The Balaban J connectivity index is 1.34. The molecule has 0 unspecified atom stereocenters. The van der Waals surface area contributed by atoms with Crippen molar-refractivity contribution >= 4 is 40.6 Å². The van der Waals surface area contributed by atoms with Crippen LogP contribution in [-0.4, -0.2) is 21.5 Å². The van der Waals surface area contributed by atoms with E-state index >= 15 is 0 Å². The van der Waals surface area contributed by atoms with Crippen LogP contribution in [0, 0.1) is 0 Å². The first-order valence-electron chi connectivity index (χ1n) is 9.98. The molecule has 0 saturated carbocycles. The predicted octanol–water partition coefficient (Wildman–Crippen LogP) is 5.87. The van der Waals surface area contributed by atoms with Gasteiger partial charge in [0.1, 0.15) is 18.1 Å². The number of nitrogens with zero attached hydrogens (tertiary/aromatic N) is 2. The number of ether oxygens (including phenoxy) is 1. The summed E-state index contributed by atoms with van der Waals surface area (Å²) in [4.78, 5) is 23.9. The quantitative estimate of drug-likeness (QED) is 0.317. The Morgan fingerprint density at radius 1 is 1.06 bits per heavy atom. The normalized spacial score (nSPS) is 10.8. The Hall–Kier alpha value is -3.55. The zero-order valence-corrected chi connectivity index (χ0v) is 19.1. The first-order chi connectivity index (χ1) is 15.9. The number of furan rings is 1. The van der Waals surface area contributed by atoms with Crippen molar-refractivity contribution in [3.63, 3.8) is 0 Å². The van der Waals surface area contributed by atoms with Crippen LogP contribution in [0.25, 0.3) is 0 Å². The van der Waals surface area contributed by atoms with E-state index in [1.54, 1.807) is 65.5 Å². The Morgan fingerprint density at radius 3 is 2.48 bits per heavy atom. The summed E-state index contributed by atoms with van der Waals surface area (Å²) in [7, 11) is 0. The van der Waals surface area contributed by atoms with Gasteiger partial charge in [-0.2, -0.15) is 5.10 Å². The second kappa shape index (κ2) is 9.94. The van der Waals surface area contributed by atoms with Crippen LogP contribution in [0.5, 0.6) is 5.75 Å². The number of amides is 1. The Kier molecular flexibility index (Phi) is 6.82. The van der Waals surface area contributed by atoms with Crippen molar-refractivity contribution in [2.24, 2.45) is 0 Å². The number of anilines is 1. The molecule has 0 aliphatic carbocycles. The lowest BCUT2D eigenvalue weighted by Crippen LogP contribution is -2.10. The lowest BCUT2D eigenvalue weighted by Gasteiger charge is -2.06. The average molecular weight is 484 g/mol. The van der Waals surface area contributed by atoms with Gasteiger partial charge < -0.3 is 14.5 Å². The number of carbonyl (C=O) groups is 2. The molecule has 33 heavy (non-hydrogen) atoms. The largest absolute Gasteiger partial charge is 0.486 e. The third-order valence-corrected chi connectivity index (χ3v) is 5.51. The number of halogens is 2. The van der Waals surface area contributed by atoms with Crippen molar-refractivity contribution in [1.82, 2.24) is 9.78 Å². The fourth-order valence-corrected chi connectivity index (χ4v) is 3.59. The maximum Gasteiger partial charge on any atom is 0.291 e. The summed E-state index contributed by atoms with van der Waals surface area (Å²) in [6.07, 6.45) is 3.20. The van der Waals surface area contributed by atoms with Gasteiger partial charge >= 0.3 is 0 Å². The third-order valence-electron chi connectivity index (χ3n) is 4.80. The van der Waals surface area contributed by atoms with E-state index < -0.39 is 5.91 Å². The third kappa shape index (κ3) is 5.63. The van der Waals surface area contributed by atoms with Crippen molar-refractivity contribution < 1.29 is 18.7 Å². The summed E-state index contributed by atoms with van der Waals surface area (Å²) >= 11 is 12.4. The van der Waals surface area contributed by atoms with Crippen LogP contribution in [0.1, 0.15) is 39.2 Å². The zero-order chi connectivity index (χ0) is 23.4. The van der Waals surface area contributed by atoms with E-state index in [2.05, 4.69) is 10.4 Å². The monoisotopic (exact) mass is 483 g/mol. The molecule has 2 aromatic heterocycles. The van der Waals surface area contributed by atoms with Gasteiger partial charge in [0, 0.05) is 27.4 Å². The van der Waals surface area contributed by atoms with Gasteiger partial charge in [-0.25, -0.2) is 0 Å². The second-order valence-electron chi connectivity index (χ2n) is 7.22. The molecule has 4 aromatic rings. The molecule has 9 heteroatoms. The van der Waals surface area contributed by atoms with E-state index in [0.717, 1.165) is 5.56 Å². The molecule has 0 radical (unpaired) electrons. The SMILES string of the molecule is CC(=O)c1ccc(OCc2ccc(C(=O)Nc3cnn(Cc4c(Cl)cccc4Cl)c3)o2)cc1. The molecule has 0 aliphatic heterocycles. The number of Topliss-reactive ketones (excluding diaryl/α,β-unsaturated/α-hetero) is 1. The molecule has 2 heterocycles. The van der Waals surface area contributed by atoms with Gasteiger partial charge in [-0.1, -0.05) is 29.3 Å². The van der Waals surface area contributed by atoms with Crippen molar-refractivity contribution in [2.75, 3.05) is 5.32 Å². The van der Waals surface area contributed by atoms with Crippen LogP contribution in [0.2, 0.25) is 10.0 Å². The molecule has 0 fully saturated rings. The molecule has 4 rings (SSSR count). The molecule has 0 aliphatic rings. The van der Waals surface area contributed by atoms with E-state index in [1.165, 1.54) is 13.1 Å². The van der Waals surface area contributed by atoms with Crippen molar-refractivity contribution in [3.05, 3.63) is 99.7 Å². The van der Waals surface area contributed by atoms with Crippen molar-refractivity contribution in [3.8, 4) is 5.75 Å². The number of benzene rings is 2. The smallest absolute Gasteiger partial charge is 0.291 e. The van der Waals surface area contributed by atoms with E-state index in [4.69, 9.17) is 32.4 Å². The summed E-state index contributed by atoms with van der Waals surface area (Å²) in [5.41, 5.74) is 1.86. The molecule has 0 atom stereocenters. The molecule has 7 nitrogen and oxygen atoms in total. The number of aromatic nitrogens is 2. The molecule has 0 saturated heterocycles. The predicted molar refractivity (Wildman–Crippen MR) is 125 cm³/mol. The molecule has 1 N–H and O–H groups in total. The summed E-state index contributed by atoms with van der Waals surface area (Å²) in [6, 6.07) is 15.3. The maximum atomic E-state index is 12.5. The lowest BCUT2D eigenvalue weighted by atomic mass is 10.1. The lowest BCUT2D eigenvalue weighted by molar-refractivity contribution is 0.0990. The zero-order valence-electron chi connectivity index (χ0n) is 17.5. The van der Waals surface area contributed by atoms with E-state index in [1.807, 2.05) is 0 Å². The van der Waals surface area contributed by atoms with Crippen LogP contribution in [0.15, 0.2) is 71.4 Å². The number of carbonyl (C=O) groups excluding carboxylic acids is 2. The minimum atomic E-state index is -0.414. The van der Waals surface area contributed by atoms with Crippen molar-refractivity contribution in [1.29, 1.82) is 0 Å². The highest BCUT2D eigenvalue weighted by Crippen LogP contribution is 2.25. The van der Waals surface area contributed by atoms with Crippen LogP contribution in [-0.2, 0) is 13.2 Å². The fourth-order valence-electron chi connectivity index (χ4n) is 3.07. The Labute approximate surface area is 199 Å². The minimum Gasteiger partial charge on any atom is -0.486 e. The van der Waals surface area contributed by atoms with E-state index in [9.17, 15) is 9.59 Å². The van der Waals surface area contributed by atoms with Crippen molar-refractivity contribution in [2.45, 2.75) is 20.1 Å². The number of rotatable bonds is 8. The fraction of sp³-hybridized carbons (Fsp3) is 0.125. The topological polar surface area (TPSA) is 86.4 Å². The number of hydrogen-bond donors (Lipinski definition) is 1. The average Bonchev–Trinajstić information content (AvgIpc) is 3.45. The van der Waals surface area contributed by atoms with Gasteiger partial charge in [0.25, 0.3) is 5.91 Å². The van der Waals surface area contributed by atoms with Gasteiger partial charge in [0.2, 0.25) is 0 Å². The first-order valence-corrected chi connectivity index (χ1v) is 10.7. The molecular weight excluding hydrogens is 465 g/mol. The maximum absolute atomic E-state index is 12.5. The molecular formula is C24H19Cl2N3O4.